The average Bonchev–Trinajstić information content (AvgIpc) is 2.26. The van der Waals surface area contributed by atoms with Crippen LogP contribution in [0.25, 0.3) is 0 Å². The van der Waals surface area contributed by atoms with Crippen LogP contribution in [0.3, 0.4) is 0 Å². The van der Waals surface area contributed by atoms with Gasteiger partial charge in [-0.05, 0) is 13.3 Å². The van der Waals surface area contributed by atoms with E-state index in [1.807, 2.05) is 11.8 Å². The lowest BCUT2D eigenvalue weighted by Gasteiger charge is -2.19. The van der Waals surface area contributed by atoms with Gasteiger partial charge in [-0.15, -0.1) is 0 Å². The highest BCUT2D eigenvalue weighted by Crippen LogP contribution is 2.07. The molecule has 0 aromatic carbocycles. The van der Waals surface area contributed by atoms with E-state index in [1.165, 1.54) is 12.4 Å². The average molecular weight is 209 g/mol. The van der Waals surface area contributed by atoms with Gasteiger partial charge >= 0.3 is 5.97 Å². The Balaban J connectivity index is 2.81. The Morgan fingerprint density at radius 1 is 1.40 bits per heavy atom. The summed E-state index contributed by atoms with van der Waals surface area (Å²) in [6.07, 6.45) is 3.68. The van der Waals surface area contributed by atoms with Gasteiger partial charge in [-0.2, -0.15) is 0 Å². The SMILES string of the molecule is CCCN(CC)c1ncc(C(=O)O)cn1. The van der Waals surface area contributed by atoms with E-state index >= 15 is 0 Å². The molecule has 0 saturated heterocycles. The molecule has 0 aliphatic heterocycles. The summed E-state index contributed by atoms with van der Waals surface area (Å²) in [7, 11) is 0. The number of hydrogen-bond donors (Lipinski definition) is 1. The topological polar surface area (TPSA) is 66.3 Å². The number of carbonyl (C=O) groups is 1. The fourth-order valence-corrected chi connectivity index (χ4v) is 1.26. The summed E-state index contributed by atoms with van der Waals surface area (Å²) >= 11 is 0. The molecule has 0 bridgehead atoms. The molecule has 0 atom stereocenters. The standard InChI is InChI=1S/C10H15N3O2/c1-3-5-13(4-2)10-11-6-8(7-12-10)9(14)15/h6-7H,3-5H2,1-2H3,(H,14,15). The van der Waals surface area contributed by atoms with Crippen molar-refractivity contribution in [3.63, 3.8) is 0 Å². The Morgan fingerprint density at radius 2 is 2.00 bits per heavy atom. The summed E-state index contributed by atoms with van der Waals surface area (Å²) in [5.41, 5.74) is 0.117. The third-order valence-corrected chi connectivity index (χ3v) is 2.04. The summed E-state index contributed by atoms with van der Waals surface area (Å²) in [5.74, 6) is -0.413. The number of nitrogens with zero attached hydrogens (tertiary/aromatic N) is 3. The second kappa shape index (κ2) is 5.29. The number of rotatable bonds is 5. The maximum atomic E-state index is 10.6. The predicted octanol–water partition coefficient (Wildman–Crippen LogP) is 1.41. The first-order valence-electron chi connectivity index (χ1n) is 4.99. The van der Waals surface area contributed by atoms with Crippen LogP contribution in [0.5, 0.6) is 0 Å². The first-order valence-corrected chi connectivity index (χ1v) is 4.99. The monoisotopic (exact) mass is 209 g/mol. The Kier molecular flexibility index (Phi) is 4.03. The number of aromatic nitrogens is 2. The van der Waals surface area contributed by atoms with Crippen molar-refractivity contribution in [3.8, 4) is 0 Å². The molecule has 1 aromatic rings. The number of carboxylic acids is 1. The van der Waals surface area contributed by atoms with E-state index in [9.17, 15) is 4.79 Å². The molecular formula is C10H15N3O2. The van der Waals surface area contributed by atoms with Gasteiger partial charge in [0, 0.05) is 25.5 Å². The van der Waals surface area contributed by atoms with Crippen LogP contribution in [0.4, 0.5) is 5.95 Å². The second-order valence-electron chi connectivity index (χ2n) is 3.16. The van der Waals surface area contributed by atoms with Crippen molar-refractivity contribution in [2.24, 2.45) is 0 Å². The van der Waals surface area contributed by atoms with E-state index < -0.39 is 5.97 Å². The molecule has 0 aliphatic carbocycles. The first-order chi connectivity index (χ1) is 7.19. The van der Waals surface area contributed by atoms with Crippen LogP contribution in [0, 0.1) is 0 Å². The van der Waals surface area contributed by atoms with Crippen molar-refractivity contribution in [2.45, 2.75) is 20.3 Å². The number of anilines is 1. The zero-order chi connectivity index (χ0) is 11.3. The number of carboxylic acid groups (broad SMARTS) is 1. The molecule has 15 heavy (non-hydrogen) atoms. The molecule has 0 unspecified atom stereocenters. The van der Waals surface area contributed by atoms with E-state index in [1.54, 1.807) is 0 Å². The van der Waals surface area contributed by atoms with Crippen molar-refractivity contribution in [3.05, 3.63) is 18.0 Å². The minimum absolute atomic E-state index is 0.117. The lowest BCUT2D eigenvalue weighted by Crippen LogP contribution is -2.25. The van der Waals surface area contributed by atoms with Crippen LogP contribution < -0.4 is 4.90 Å². The molecule has 5 nitrogen and oxygen atoms in total. The Labute approximate surface area is 88.8 Å². The third-order valence-electron chi connectivity index (χ3n) is 2.04. The molecule has 1 heterocycles. The lowest BCUT2D eigenvalue weighted by atomic mass is 10.3. The smallest absolute Gasteiger partial charge is 0.338 e. The van der Waals surface area contributed by atoms with Crippen LogP contribution in [0.15, 0.2) is 12.4 Å². The van der Waals surface area contributed by atoms with Gasteiger partial charge < -0.3 is 10.0 Å². The molecule has 0 saturated carbocycles. The van der Waals surface area contributed by atoms with Gasteiger partial charge in [0.1, 0.15) is 0 Å². The van der Waals surface area contributed by atoms with Gasteiger partial charge in [0.25, 0.3) is 0 Å². The van der Waals surface area contributed by atoms with Gasteiger partial charge in [-0.1, -0.05) is 6.92 Å². The Hall–Kier alpha value is -1.65. The lowest BCUT2D eigenvalue weighted by molar-refractivity contribution is 0.0696. The summed E-state index contributed by atoms with van der Waals surface area (Å²) in [4.78, 5) is 20.6. The third kappa shape index (κ3) is 2.90. The molecule has 1 rings (SSSR count). The summed E-state index contributed by atoms with van der Waals surface area (Å²) in [5, 5.41) is 8.68. The van der Waals surface area contributed by atoms with E-state index in [0.717, 1.165) is 19.5 Å². The highest BCUT2D eigenvalue weighted by Gasteiger charge is 2.08. The minimum atomic E-state index is -1.000. The molecule has 0 amide bonds. The van der Waals surface area contributed by atoms with Gasteiger partial charge in [0.2, 0.25) is 5.95 Å². The molecule has 1 aromatic heterocycles. The number of hydrogen-bond acceptors (Lipinski definition) is 4. The molecule has 0 radical (unpaired) electrons. The van der Waals surface area contributed by atoms with Gasteiger partial charge in [0.15, 0.2) is 0 Å². The zero-order valence-corrected chi connectivity index (χ0v) is 8.97. The van der Waals surface area contributed by atoms with Gasteiger partial charge in [-0.25, -0.2) is 14.8 Å². The van der Waals surface area contributed by atoms with Crippen molar-refractivity contribution in [1.29, 1.82) is 0 Å². The molecule has 0 aliphatic rings. The summed E-state index contributed by atoms with van der Waals surface area (Å²) in [6, 6.07) is 0. The Morgan fingerprint density at radius 3 is 2.40 bits per heavy atom. The maximum Gasteiger partial charge on any atom is 0.338 e. The zero-order valence-electron chi connectivity index (χ0n) is 8.97. The summed E-state index contributed by atoms with van der Waals surface area (Å²) in [6.45, 7) is 5.79. The fourth-order valence-electron chi connectivity index (χ4n) is 1.26. The van der Waals surface area contributed by atoms with Crippen molar-refractivity contribution >= 4 is 11.9 Å². The largest absolute Gasteiger partial charge is 0.478 e. The first kappa shape index (κ1) is 11.4. The molecule has 1 N–H and O–H groups in total. The van der Waals surface area contributed by atoms with Crippen molar-refractivity contribution in [1.82, 2.24) is 9.97 Å². The quantitative estimate of drug-likeness (QED) is 0.794. The molecule has 5 heteroatoms. The maximum absolute atomic E-state index is 10.6. The van der Waals surface area contributed by atoms with Crippen LogP contribution in [0.1, 0.15) is 30.6 Å². The highest BCUT2D eigenvalue weighted by atomic mass is 16.4. The van der Waals surface area contributed by atoms with E-state index in [4.69, 9.17) is 5.11 Å². The second-order valence-corrected chi connectivity index (χ2v) is 3.16. The van der Waals surface area contributed by atoms with Crippen LogP contribution in [0.2, 0.25) is 0 Å². The fraction of sp³-hybridized carbons (Fsp3) is 0.500. The minimum Gasteiger partial charge on any atom is -0.478 e. The van der Waals surface area contributed by atoms with E-state index in [-0.39, 0.29) is 5.56 Å². The van der Waals surface area contributed by atoms with Gasteiger partial charge in [-0.3, -0.25) is 0 Å². The molecule has 0 fully saturated rings. The highest BCUT2D eigenvalue weighted by molar-refractivity contribution is 5.86. The normalized spacial score (nSPS) is 10.0. The van der Waals surface area contributed by atoms with Crippen LogP contribution in [-0.2, 0) is 0 Å². The summed E-state index contributed by atoms with van der Waals surface area (Å²) < 4.78 is 0. The molecular weight excluding hydrogens is 194 g/mol. The molecule has 0 spiro atoms. The number of aromatic carboxylic acids is 1. The van der Waals surface area contributed by atoms with Crippen LogP contribution >= 0.6 is 0 Å². The van der Waals surface area contributed by atoms with Crippen molar-refractivity contribution < 1.29 is 9.90 Å². The van der Waals surface area contributed by atoms with E-state index in [0.29, 0.717) is 5.95 Å². The Bertz CT molecular complexity index is 324. The molecule has 82 valence electrons. The van der Waals surface area contributed by atoms with Gasteiger partial charge in [0.05, 0.1) is 5.56 Å². The van der Waals surface area contributed by atoms with Crippen LogP contribution in [-0.4, -0.2) is 34.1 Å². The van der Waals surface area contributed by atoms with E-state index in [2.05, 4.69) is 16.9 Å². The predicted molar refractivity (Wildman–Crippen MR) is 57.2 cm³/mol. The van der Waals surface area contributed by atoms with Crippen molar-refractivity contribution in [2.75, 3.05) is 18.0 Å².